The quantitative estimate of drug-likeness (QED) is 0.855. The lowest BCUT2D eigenvalue weighted by molar-refractivity contribution is 0.0690. The Morgan fingerprint density at radius 2 is 1.91 bits per heavy atom. The van der Waals surface area contributed by atoms with Crippen LogP contribution in [0.15, 0.2) is 52.0 Å². The van der Waals surface area contributed by atoms with Crippen LogP contribution in [0.2, 0.25) is 0 Å². The van der Waals surface area contributed by atoms with Gasteiger partial charge in [-0.15, -0.1) is 0 Å². The molecule has 22 heavy (non-hydrogen) atoms. The van der Waals surface area contributed by atoms with Crippen molar-refractivity contribution in [3.63, 3.8) is 0 Å². The van der Waals surface area contributed by atoms with Crippen molar-refractivity contribution in [2.75, 3.05) is 10.8 Å². The van der Waals surface area contributed by atoms with Gasteiger partial charge in [-0.25, -0.2) is 18.2 Å². The zero-order valence-electron chi connectivity index (χ0n) is 11.6. The summed E-state index contributed by atoms with van der Waals surface area (Å²) in [6.45, 7) is 1.85. The van der Waals surface area contributed by atoms with Gasteiger partial charge in [0.2, 0.25) is 0 Å². The molecule has 0 aliphatic carbocycles. The normalized spacial score (nSPS) is 11.2. The van der Waals surface area contributed by atoms with E-state index in [0.717, 1.165) is 8.78 Å². The smallest absolute Gasteiger partial charge is 0.354 e. The second kappa shape index (κ2) is 6.45. The number of carboxylic acid groups (broad SMARTS) is 1. The molecule has 1 heterocycles. The number of carbonyl (C=O) groups is 1. The van der Waals surface area contributed by atoms with Crippen molar-refractivity contribution < 1.29 is 18.3 Å². The van der Waals surface area contributed by atoms with Gasteiger partial charge in [-0.05, 0) is 43.3 Å². The third-order valence-corrected chi connectivity index (χ3v) is 5.39. The van der Waals surface area contributed by atoms with Crippen molar-refractivity contribution in [3.8, 4) is 0 Å². The topological polar surface area (TPSA) is 87.6 Å². The van der Waals surface area contributed by atoms with Gasteiger partial charge in [0.15, 0.2) is 0 Å². The number of hydrogen-bond donors (Lipinski definition) is 1. The number of rotatable bonds is 5. The van der Waals surface area contributed by atoms with E-state index < -0.39 is 16.0 Å². The molecule has 1 aromatic heterocycles. The van der Waals surface area contributed by atoms with Crippen LogP contribution in [0.5, 0.6) is 0 Å². The lowest BCUT2D eigenvalue weighted by Crippen LogP contribution is -2.31. The molecule has 0 saturated heterocycles. The first-order valence-electron chi connectivity index (χ1n) is 6.34. The maximum absolute atomic E-state index is 12.7. The van der Waals surface area contributed by atoms with Crippen molar-refractivity contribution in [3.05, 3.63) is 52.8 Å². The monoisotopic (exact) mass is 384 g/mol. The van der Waals surface area contributed by atoms with E-state index in [0.29, 0.717) is 0 Å². The largest absolute Gasteiger partial charge is 0.477 e. The number of benzene rings is 1. The minimum atomic E-state index is -3.77. The fraction of sp³-hybridized carbons (Fsp3) is 0.143. The highest BCUT2D eigenvalue weighted by molar-refractivity contribution is 9.10. The fourth-order valence-electron chi connectivity index (χ4n) is 1.92. The van der Waals surface area contributed by atoms with Crippen molar-refractivity contribution in [1.82, 2.24) is 4.98 Å². The van der Waals surface area contributed by atoms with Crippen LogP contribution in [0.4, 0.5) is 5.69 Å². The van der Waals surface area contributed by atoms with E-state index in [1.165, 1.54) is 30.5 Å². The number of halogens is 1. The fourth-order valence-corrected chi connectivity index (χ4v) is 3.65. The lowest BCUT2D eigenvalue weighted by atomic mass is 10.3. The number of nitrogens with zero attached hydrogens (tertiary/aromatic N) is 2. The third kappa shape index (κ3) is 3.28. The van der Waals surface area contributed by atoms with E-state index in [-0.39, 0.29) is 22.8 Å². The molecule has 116 valence electrons. The van der Waals surface area contributed by atoms with Crippen LogP contribution in [0.3, 0.4) is 0 Å². The Morgan fingerprint density at radius 1 is 1.27 bits per heavy atom. The molecule has 0 saturated carbocycles. The van der Waals surface area contributed by atoms with Gasteiger partial charge in [0.1, 0.15) is 5.69 Å². The van der Waals surface area contributed by atoms with Gasteiger partial charge in [-0.1, -0.05) is 15.9 Å². The summed E-state index contributed by atoms with van der Waals surface area (Å²) >= 11 is 3.25. The number of carboxylic acids is 1. The van der Waals surface area contributed by atoms with E-state index in [1.807, 2.05) is 0 Å². The van der Waals surface area contributed by atoms with Gasteiger partial charge in [0, 0.05) is 17.2 Å². The van der Waals surface area contributed by atoms with Crippen LogP contribution in [0.25, 0.3) is 0 Å². The molecule has 1 N–H and O–H groups in total. The van der Waals surface area contributed by atoms with Gasteiger partial charge < -0.3 is 5.11 Å². The summed E-state index contributed by atoms with van der Waals surface area (Å²) in [5.41, 5.74) is 0.0553. The summed E-state index contributed by atoms with van der Waals surface area (Å²) < 4.78 is 27.3. The Kier molecular flexibility index (Phi) is 4.82. The molecule has 2 aromatic rings. The molecule has 0 unspecified atom stereocenters. The van der Waals surface area contributed by atoms with Crippen molar-refractivity contribution in [1.29, 1.82) is 0 Å². The number of pyridine rings is 1. The first kappa shape index (κ1) is 16.4. The van der Waals surface area contributed by atoms with E-state index in [9.17, 15) is 13.2 Å². The standard InChI is InChI=1S/C14H13BrN2O4S/c1-2-17(11-7-8-16-13(9-11)14(18)19)22(20,21)12-5-3-10(15)4-6-12/h3-9H,2H2,1H3,(H,18,19). The molecule has 0 spiro atoms. The van der Waals surface area contributed by atoms with E-state index in [4.69, 9.17) is 5.11 Å². The predicted octanol–water partition coefficient (Wildman–Crippen LogP) is 2.76. The maximum atomic E-state index is 12.7. The third-order valence-electron chi connectivity index (χ3n) is 2.94. The van der Waals surface area contributed by atoms with Crippen LogP contribution in [-0.4, -0.2) is 31.0 Å². The summed E-state index contributed by atoms with van der Waals surface area (Å²) in [4.78, 5) is 14.8. The van der Waals surface area contributed by atoms with Gasteiger partial charge in [0.25, 0.3) is 10.0 Å². The van der Waals surface area contributed by atoms with E-state index in [2.05, 4.69) is 20.9 Å². The van der Waals surface area contributed by atoms with Crippen LogP contribution < -0.4 is 4.31 Å². The van der Waals surface area contributed by atoms with Crippen LogP contribution in [0.1, 0.15) is 17.4 Å². The minimum Gasteiger partial charge on any atom is -0.477 e. The number of aromatic nitrogens is 1. The maximum Gasteiger partial charge on any atom is 0.354 e. The lowest BCUT2D eigenvalue weighted by Gasteiger charge is -2.23. The molecule has 0 aliphatic rings. The highest BCUT2D eigenvalue weighted by Crippen LogP contribution is 2.24. The first-order valence-corrected chi connectivity index (χ1v) is 8.57. The molecule has 6 nitrogen and oxygen atoms in total. The zero-order chi connectivity index (χ0) is 16.3. The van der Waals surface area contributed by atoms with Crippen molar-refractivity contribution >= 4 is 37.6 Å². The highest BCUT2D eigenvalue weighted by atomic mass is 79.9. The van der Waals surface area contributed by atoms with Crippen molar-refractivity contribution in [2.24, 2.45) is 0 Å². The molecular formula is C14H13BrN2O4S. The summed E-state index contributed by atoms with van der Waals surface area (Å²) in [6, 6.07) is 8.95. The second-order valence-electron chi connectivity index (χ2n) is 4.33. The number of hydrogen-bond acceptors (Lipinski definition) is 4. The second-order valence-corrected chi connectivity index (χ2v) is 7.11. The molecule has 0 fully saturated rings. The summed E-state index contributed by atoms with van der Waals surface area (Å²) in [6.07, 6.45) is 1.28. The van der Waals surface area contributed by atoms with Crippen LogP contribution >= 0.6 is 15.9 Å². The van der Waals surface area contributed by atoms with Gasteiger partial charge in [0.05, 0.1) is 10.6 Å². The Hall–Kier alpha value is -1.93. The molecule has 8 heteroatoms. The Labute approximate surface area is 136 Å². The Bertz CT molecular complexity index is 791. The molecular weight excluding hydrogens is 372 g/mol. The summed E-state index contributed by atoms with van der Waals surface area (Å²) in [5.74, 6) is -1.21. The molecule has 0 radical (unpaired) electrons. The SMILES string of the molecule is CCN(c1ccnc(C(=O)O)c1)S(=O)(=O)c1ccc(Br)cc1. The average Bonchev–Trinajstić information content (AvgIpc) is 2.48. The van der Waals surface area contributed by atoms with Crippen LogP contribution in [-0.2, 0) is 10.0 Å². The first-order chi connectivity index (χ1) is 10.4. The van der Waals surface area contributed by atoms with Gasteiger partial charge in [-0.3, -0.25) is 4.31 Å². The molecule has 0 bridgehead atoms. The van der Waals surface area contributed by atoms with Crippen LogP contribution in [0, 0.1) is 0 Å². The molecule has 2 rings (SSSR count). The molecule has 0 amide bonds. The summed E-state index contributed by atoms with van der Waals surface area (Å²) in [5, 5.41) is 8.98. The molecule has 1 aromatic carbocycles. The minimum absolute atomic E-state index is 0.131. The van der Waals surface area contributed by atoms with E-state index >= 15 is 0 Å². The summed E-state index contributed by atoms with van der Waals surface area (Å²) in [7, 11) is -3.77. The van der Waals surface area contributed by atoms with Gasteiger partial charge in [-0.2, -0.15) is 0 Å². The average molecular weight is 385 g/mol. The highest BCUT2D eigenvalue weighted by Gasteiger charge is 2.24. The Balaban J connectivity index is 2.49. The molecule has 0 aliphatic heterocycles. The predicted molar refractivity (Wildman–Crippen MR) is 85.5 cm³/mol. The number of anilines is 1. The Morgan fingerprint density at radius 3 is 2.45 bits per heavy atom. The van der Waals surface area contributed by atoms with E-state index in [1.54, 1.807) is 19.1 Å². The zero-order valence-corrected chi connectivity index (χ0v) is 14.0. The number of sulfonamides is 1. The number of aromatic carboxylic acids is 1. The van der Waals surface area contributed by atoms with Crippen molar-refractivity contribution in [2.45, 2.75) is 11.8 Å². The van der Waals surface area contributed by atoms with Gasteiger partial charge >= 0.3 is 5.97 Å². The molecule has 0 atom stereocenters.